The van der Waals surface area contributed by atoms with Crippen molar-refractivity contribution in [2.45, 2.75) is 49.9 Å². The van der Waals surface area contributed by atoms with Gasteiger partial charge in [0.1, 0.15) is 0 Å². The number of likely N-dealkylation sites (tertiary alicyclic amines) is 1. The summed E-state index contributed by atoms with van der Waals surface area (Å²) in [5, 5.41) is 11.2. The van der Waals surface area contributed by atoms with Crippen LogP contribution in [-0.2, 0) is 16.0 Å². The molecule has 0 unspecified atom stereocenters. The second-order valence-electron chi connectivity index (χ2n) is 7.09. The van der Waals surface area contributed by atoms with Crippen LogP contribution in [-0.4, -0.2) is 52.3 Å². The number of para-hydroxylation sites is 1. The van der Waals surface area contributed by atoms with Crippen molar-refractivity contribution in [1.82, 2.24) is 9.88 Å². The molecule has 1 aromatic heterocycles. The maximum absolute atomic E-state index is 13.0. The minimum absolute atomic E-state index is 0.0102. The molecular weight excluding hydrogens is 304 g/mol. The van der Waals surface area contributed by atoms with Crippen LogP contribution in [0, 0.1) is 0 Å². The fraction of sp³-hybridized carbons (Fsp3) is 0.526. The maximum Gasteiger partial charge on any atom is 0.227 e. The van der Waals surface area contributed by atoms with Gasteiger partial charge in [-0.2, -0.15) is 0 Å². The van der Waals surface area contributed by atoms with E-state index in [0.29, 0.717) is 19.4 Å². The van der Waals surface area contributed by atoms with E-state index in [1.54, 1.807) is 7.11 Å². The molecule has 128 valence electrons. The van der Waals surface area contributed by atoms with Gasteiger partial charge in [0.05, 0.1) is 24.2 Å². The van der Waals surface area contributed by atoms with Gasteiger partial charge in [0.15, 0.2) is 0 Å². The number of carbonyl (C=O) groups excluding carboxylic acids is 1. The molecule has 2 N–H and O–H groups in total. The lowest BCUT2D eigenvalue weighted by Gasteiger charge is -2.42. The largest absolute Gasteiger partial charge is 0.393 e. The van der Waals surface area contributed by atoms with Crippen LogP contribution in [0.25, 0.3) is 10.9 Å². The Morgan fingerprint density at radius 1 is 1.42 bits per heavy atom. The zero-order valence-corrected chi connectivity index (χ0v) is 14.0. The van der Waals surface area contributed by atoms with Crippen LogP contribution in [0.4, 0.5) is 0 Å². The predicted octanol–water partition coefficient (Wildman–Crippen LogP) is 2.24. The highest BCUT2D eigenvalue weighted by molar-refractivity contribution is 5.89. The van der Waals surface area contributed by atoms with Gasteiger partial charge in [-0.15, -0.1) is 0 Å². The zero-order valence-electron chi connectivity index (χ0n) is 14.0. The van der Waals surface area contributed by atoms with Gasteiger partial charge in [0.2, 0.25) is 5.91 Å². The number of rotatable bonds is 3. The Balaban J connectivity index is 1.56. The van der Waals surface area contributed by atoms with Crippen molar-refractivity contribution in [2.24, 2.45) is 0 Å². The predicted molar refractivity (Wildman–Crippen MR) is 91.7 cm³/mol. The van der Waals surface area contributed by atoms with Gasteiger partial charge in [0, 0.05) is 30.8 Å². The first-order valence-electron chi connectivity index (χ1n) is 8.71. The topological polar surface area (TPSA) is 65.6 Å². The molecule has 3 atom stereocenters. The fourth-order valence-electron chi connectivity index (χ4n) is 4.52. The number of ether oxygens (including phenoxy) is 1. The van der Waals surface area contributed by atoms with Crippen molar-refractivity contribution in [2.75, 3.05) is 13.7 Å². The van der Waals surface area contributed by atoms with Crippen molar-refractivity contribution < 1.29 is 14.6 Å². The summed E-state index contributed by atoms with van der Waals surface area (Å²) in [6, 6.07) is 8.03. The molecule has 24 heavy (non-hydrogen) atoms. The molecule has 1 aliphatic carbocycles. The normalized spacial score (nSPS) is 29.8. The minimum atomic E-state index is -0.334. The molecule has 4 rings (SSSR count). The Morgan fingerprint density at radius 2 is 2.25 bits per heavy atom. The van der Waals surface area contributed by atoms with Gasteiger partial charge < -0.3 is 19.7 Å². The van der Waals surface area contributed by atoms with Crippen molar-refractivity contribution in [1.29, 1.82) is 0 Å². The third-order valence-corrected chi connectivity index (χ3v) is 5.90. The number of benzene rings is 1. The number of hydrogen-bond donors (Lipinski definition) is 2. The summed E-state index contributed by atoms with van der Waals surface area (Å²) < 4.78 is 5.83. The lowest BCUT2D eigenvalue weighted by atomic mass is 9.79. The van der Waals surface area contributed by atoms with E-state index >= 15 is 0 Å². The number of nitrogens with one attached hydrogen (secondary N) is 1. The Morgan fingerprint density at radius 3 is 3.08 bits per heavy atom. The maximum atomic E-state index is 13.0. The molecule has 2 fully saturated rings. The summed E-state index contributed by atoms with van der Waals surface area (Å²) in [5.41, 5.74) is 1.82. The van der Waals surface area contributed by atoms with Crippen molar-refractivity contribution >= 4 is 16.8 Å². The molecule has 0 bridgehead atoms. The van der Waals surface area contributed by atoms with E-state index in [1.807, 2.05) is 35.4 Å². The number of amides is 1. The van der Waals surface area contributed by atoms with Gasteiger partial charge in [0.25, 0.3) is 0 Å². The van der Waals surface area contributed by atoms with E-state index in [2.05, 4.69) is 4.98 Å². The van der Waals surface area contributed by atoms with Crippen LogP contribution in [0.5, 0.6) is 0 Å². The van der Waals surface area contributed by atoms with Crippen molar-refractivity contribution in [3.05, 3.63) is 36.0 Å². The number of carbonyl (C=O) groups is 1. The molecule has 1 saturated heterocycles. The van der Waals surface area contributed by atoms with Gasteiger partial charge in [-0.05, 0) is 37.3 Å². The third kappa shape index (κ3) is 2.43. The number of nitrogens with zero attached hydrogens (tertiary/aromatic N) is 1. The van der Waals surface area contributed by atoms with Gasteiger partial charge >= 0.3 is 0 Å². The van der Waals surface area contributed by atoms with Gasteiger partial charge in [-0.1, -0.05) is 18.2 Å². The molecule has 0 radical (unpaired) electrons. The molecule has 1 aromatic carbocycles. The zero-order chi connectivity index (χ0) is 16.7. The Hall–Kier alpha value is -1.85. The van der Waals surface area contributed by atoms with Crippen LogP contribution in [0.2, 0.25) is 0 Å². The first-order chi connectivity index (χ1) is 11.6. The Bertz CT molecular complexity index is 756. The molecule has 2 aromatic rings. The van der Waals surface area contributed by atoms with E-state index < -0.39 is 0 Å². The number of aliphatic hydroxyl groups is 1. The van der Waals surface area contributed by atoms with Crippen LogP contribution in [0.15, 0.2) is 30.5 Å². The van der Waals surface area contributed by atoms with E-state index in [9.17, 15) is 9.90 Å². The van der Waals surface area contributed by atoms with Crippen molar-refractivity contribution in [3.8, 4) is 0 Å². The van der Waals surface area contributed by atoms with Gasteiger partial charge in [-0.3, -0.25) is 4.79 Å². The molecular formula is C19H24N2O3. The van der Waals surface area contributed by atoms with Crippen LogP contribution < -0.4 is 0 Å². The second-order valence-corrected chi connectivity index (χ2v) is 7.09. The average Bonchev–Trinajstić information content (AvgIpc) is 3.17. The number of fused-ring (bicyclic) bond motifs is 2. The number of methoxy groups -OCH3 is 1. The fourth-order valence-corrected chi connectivity index (χ4v) is 4.52. The molecule has 1 saturated carbocycles. The van der Waals surface area contributed by atoms with Crippen LogP contribution >= 0.6 is 0 Å². The number of H-pyrrole nitrogens is 1. The SMILES string of the molecule is CO[C@@]12CC[C@H](O)C[C@@H]1N(C(=O)Cc1c[nH]c3ccccc13)CC2. The smallest absolute Gasteiger partial charge is 0.227 e. The molecule has 2 heterocycles. The van der Waals surface area contributed by atoms with E-state index in [0.717, 1.165) is 35.7 Å². The Labute approximate surface area is 141 Å². The average molecular weight is 328 g/mol. The lowest BCUT2D eigenvalue weighted by molar-refractivity contribution is -0.139. The first kappa shape index (κ1) is 15.7. The summed E-state index contributed by atoms with van der Waals surface area (Å²) >= 11 is 0. The summed E-state index contributed by atoms with van der Waals surface area (Å²) in [4.78, 5) is 18.1. The van der Waals surface area contributed by atoms with E-state index in [4.69, 9.17) is 4.74 Å². The first-order valence-corrected chi connectivity index (χ1v) is 8.71. The standard InChI is InChI=1S/C19H24N2O3/c1-24-19-7-6-14(22)11-17(19)21(9-8-19)18(23)10-13-12-20-16-5-3-2-4-15(13)16/h2-5,12,14,17,20,22H,6-11H2,1H3/t14-,17-,19+/m0/s1. The van der Waals surface area contributed by atoms with Crippen LogP contribution in [0.3, 0.4) is 0 Å². The molecule has 5 nitrogen and oxygen atoms in total. The summed E-state index contributed by atoms with van der Waals surface area (Å²) in [6.07, 6.45) is 5.04. The lowest BCUT2D eigenvalue weighted by Crippen LogP contribution is -2.53. The monoisotopic (exact) mass is 328 g/mol. The van der Waals surface area contributed by atoms with E-state index in [-0.39, 0.29) is 23.7 Å². The Kier molecular flexibility index (Phi) is 3.85. The molecule has 5 heteroatoms. The summed E-state index contributed by atoms with van der Waals surface area (Å²) in [5.74, 6) is 0.123. The number of hydrogen-bond acceptors (Lipinski definition) is 3. The molecule has 0 spiro atoms. The number of aliphatic hydroxyl groups excluding tert-OH is 1. The van der Waals surface area contributed by atoms with E-state index in [1.165, 1.54) is 0 Å². The molecule has 1 aliphatic heterocycles. The minimum Gasteiger partial charge on any atom is -0.393 e. The number of aromatic nitrogens is 1. The second kappa shape index (κ2) is 5.90. The highest BCUT2D eigenvalue weighted by atomic mass is 16.5. The molecule has 1 amide bonds. The van der Waals surface area contributed by atoms with Crippen molar-refractivity contribution in [3.63, 3.8) is 0 Å². The quantitative estimate of drug-likeness (QED) is 0.908. The highest BCUT2D eigenvalue weighted by Gasteiger charge is 2.52. The molecule has 2 aliphatic rings. The summed E-state index contributed by atoms with van der Waals surface area (Å²) in [7, 11) is 1.73. The number of aromatic amines is 1. The summed E-state index contributed by atoms with van der Waals surface area (Å²) in [6.45, 7) is 0.715. The third-order valence-electron chi connectivity index (χ3n) is 5.90. The van der Waals surface area contributed by atoms with Crippen LogP contribution in [0.1, 0.15) is 31.2 Å². The van der Waals surface area contributed by atoms with Gasteiger partial charge in [-0.25, -0.2) is 0 Å². The highest BCUT2D eigenvalue weighted by Crippen LogP contribution is 2.42.